The maximum absolute atomic E-state index is 13.4. The number of carbonyl (C=O) groups excluding carboxylic acids is 1. The zero-order valence-corrected chi connectivity index (χ0v) is 22.8. The quantitative estimate of drug-likeness (QED) is 0.216. The van der Waals surface area contributed by atoms with E-state index < -0.39 is 6.04 Å². The molecule has 39 heavy (non-hydrogen) atoms. The predicted octanol–water partition coefficient (Wildman–Crippen LogP) is 5.33. The maximum atomic E-state index is 13.4. The highest BCUT2D eigenvalue weighted by Gasteiger charge is 2.33. The van der Waals surface area contributed by atoms with Gasteiger partial charge in [0.05, 0.1) is 12.8 Å². The molecule has 2 aromatic heterocycles. The first kappa shape index (κ1) is 26.6. The van der Waals surface area contributed by atoms with Crippen LogP contribution in [0.2, 0.25) is 5.02 Å². The minimum atomic E-state index is -0.463. The molecule has 0 bridgehead atoms. The summed E-state index contributed by atoms with van der Waals surface area (Å²) in [4.78, 5) is 33.7. The lowest BCUT2D eigenvalue weighted by atomic mass is 10.2. The molecule has 0 unspecified atom stereocenters. The summed E-state index contributed by atoms with van der Waals surface area (Å²) in [5.74, 6) is 1.34. The number of aromatic hydroxyl groups is 1. The van der Waals surface area contributed by atoms with Crippen molar-refractivity contribution in [2.24, 2.45) is 0 Å². The molecule has 0 saturated carbocycles. The van der Waals surface area contributed by atoms with Gasteiger partial charge in [-0.3, -0.25) is 18.6 Å². The summed E-state index contributed by atoms with van der Waals surface area (Å²) in [6, 6.07) is 13.2. The number of phenols is 1. The Kier molecular flexibility index (Phi) is 7.79. The van der Waals surface area contributed by atoms with Gasteiger partial charge in [0.25, 0.3) is 5.56 Å². The van der Waals surface area contributed by atoms with Gasteiger partial charge in [-0.1, -0.05) is 43.5 Å². The summed E-state index contributed by atoms with van der Waals surface area (Å²) in [7, 11) is 1.46. The molecule has 1 saturated heterocycles. The molecular weight excluding hydrogens is 518 g/mol. The molecule has 4 aromatic rings. The number of anilines is 2. The molecule has 0 aliphatic carbocycles. The number of nitrogens with one attached hydrogen (secondary N) is 1. The van der Waals surface area contributed by atoms with Crippen molar-refractivity contribution in [2.45, 2.75) is 51.6 Å². The fraction of sp³-hybridized carbons (Fsp3) is 0.345. The number of imidazole rings is 1. The van der Waals surface area contributed by atoms with Crippen LogP contribution in [0, 0.1) is 0 Å². The smallest absolute Gasteiger partial charge is 0.261 e. The Morgan fingerprint density at radius 1 is 1.18 bits per heavy atom. The molecular formula is C29H32ClN5O4. The first-order valence-electron chi connectivity index (χ1n) is 13.2. The number of carbonyl (C=O) groups is 1. The topological polar surface area (TPSA) is 101 Å². The number of hydrogen-bond donors (Lipinski definition) is 2. The highest BCUT2D eigenvalue weighted by molar-refractivity contribution is 6.30. The summed E-state index contributed by atoms with van der Waals surface area (Å²) in [6.07, 6.45) is 6.24. The number of benzene rings is 2. The molecule has 1 amide bonds. The van der Waals surface area contributed by atoms with Crippen LogP contribution in [0.3, 0.4) is 0 Å². The van der Waals surface area contributed by atoms with Crippen molar-refractivity contribution in [1.29, 1.82) is 0 Å². The SMILES string of the molecule is CCCCCn1c(N2CCC[C@H]2C(=O)Nc2ccc(O)c(OC)c2)cc(=O)n2cc(-c3ccc(Cl)cc3)nc12. The third-order valence-corrected chi connectivity index (χ3v) is 7.37. The molecule has 0 radical (unpaired) electrons. The van der Waals surface area contributed by atoms with Crippen LogP contribution < -0.4 is 20.5 Å². The fourth-order valence-electron chi connectivity index (χ4n) is 5.11. The van der Waals surface area contributed by atoms with E-state index in [0.29, 0.717) is 47.5 Å². The lowest BCUT2D eigenvalue weighted by Crippen LogP contribution is -2.42. The Morgan fingerprint density at radius 3 is 2.72 bits per heavy atom. The van der Waals surface area contributed by atoms with Gasteiger partial charge in [-0.25, -0.2) is 4.98 Å². The zero-order chi connectivity index (χ0) is 27.5. The van der Waals surface area contributed by atoms with Crippen LogP contribution in [-0.2, 0) is 11.3 Å². The number of hydrogen-bond acceptors (Lipinski definition) is 6. The van der Waals surface area contributed by atoms with Crippen LogP contribution in [0.25, 0.3) is 17.0 Å². The number of unbranched alkanes of at least 4 members (excludes halogenated alkanes) is 2. The largest absolute Gasteiger partial charge is 0.504 e. The van der Waals surface area contributed by atoms with Gasteiger partial charge in [-0.15, -0.1) is 0 Å². The van der Waals surface area contributed by atoms with Gasteiger partial charge in [0.1, 0.15) is 11.9 Å². The monoisotopic (exact) mass is 549 g/mol. The second kappa shape index (κ2) is 11.4. The van der Waals surface area contributed by atoms with Crippen LogP contribution in [0.1, 0.15) is 39.0 Å². The number of methoxy groups -OCH3 is 1. The molecule has 1 atom stereocenters. The van der Waals surface area contributed by atoms with E-state index >= 15 is 0 Å². The van der Waals surface area contributed by atoms with Crippen LogP contribution in [-0.4, -0.2) is 44.7 Å². The van der Waals surface area contributed by atoms with Gasteiger partial charge < -0.3 is 20.1 Å². The molecule has 2 N–H and O–H groups in total. The second-order valence-electron chi connectivity index (χ2n) is 9.73. The Labute approximate surface area is 231 Å². The molecule has 5 rings (SSSR count). The maximum Gasteiger partial charge on any atom is 0.261 e. The Bertz CT molecular complexity index is 1550. The van der Waals surface area contributed by atoms with Crippen LogP contribution >= 0.6 is 11.6 Å². The van der Waals surface area contributed by atoms with Crippen molar-refractivity contribution in [3.63, 3.8) is 0 Å². The summed E-state index contributed by atoms with van der Waals surface area (Å²) in [5, 5.41) is 13.5. The van der Waals surface area contributed by atoms with Crippen molar-refractivity contribution in [3.05, 3.63) is 70.1 Å². The van der Waals surface area contributed by atoms with Crippen molar-refractivity contribution in [1.82, 2.24) is 14.0 Å². The van der Waals surface area contributed by atoms with Gasteiger partial charge in [0.2, 0.25) is 11.7 Å². The number of ether oxygens (including phenoxy) is 1. The third-order valence-electron chi connectivity index (χ3n) is 7.12. The lowest BCUT2D eigenvalue weighted by Gasteiger charge is -2.29. The zero-order valence-electron chi connectivity index (χ0n) is 22.1. The number of aromatic nitrogens is 3. The Hall–Kier alpha value is -3.98. The molecule has 1 aliphatic rings. The van der Waals surface area contributed by atoms with E-state index in [4.69, 9.17) is 21.3 Å². The van der Waals surface area contributed by atoms with E-state index in [-0.39, 0.29) is 23.0 Å². The van der Waals surface area contributed by atoms with Gasteiger partial charge in [0.15, 0.2) is 11.5 Å². The average molecular weight is 550 g/mol. The van der Waals surface area contributed by atoms with Crippen LogP contribution in [0.4, 0.5) is 11.5 Å². The highest BCUT2D eigenvalue weighted by Crippen LogP contribution is 2.31. The molecule has 9 nitrogen and oxygen atoms in total. The molecule has 1 aliphatic heterocycles. The van der Waals surface area contributed by atoms with Gasteiger partial charge in [-0.2, -0.15) is 0 Å². The number of halogens is 1. The van der Waals surface area contributed by atoms with Crippen molar-refractivity contribution < 1.29 is 14.6 Å². The number of rotatable bonds is 9. The van der Waals surface area contributed by atoms with Crippen molar-refractivity contribution in [3.8, 4) is 22.8 Å². The average Bonchev–Trinajstić information content (AvgIpc) is 3.60. The summed E-state index contributed by atoms with van der Waals surface area (Å²) in [6.45, 7) is 3.46. The number of phenolic OH excluding ortho intramolecular Hbond substituents is 1. The van der Waals surface area contributed by atoms with E-state index in [9.17, 15) is 14.7 Å². The number of fused-ring (bicyclic) bond motifs is 1. The molecule has 2 aromatic carbocycles. The first-order valence-corrected chi connectivity index (χ1v) is 13.6. The molecule has 0 spiro atoms. The minimum Gasteiger partial charge on any atom is -0.504 e. The fourth-order valence-corrected chi connectivity index (χ4v) is 5.24. The van der Waals surface area contributed by atoms with E-state index in [0.717, 1.165) is 31.2 Å². The molecule has 3 heterocycles. The van der Waals surface area contributed by atoms with E-state index in [1.54, 1.807) is 40.9 Å². The number of nitrogens with zero attached hydrogens (tertiary/aromatic N) is 4. The van der Waals surface area contributed by atoms with Gasteiger partial charge >= 0.3 is 0 Å². The van der Waals surface area contributed by atoms with Crippen molar-refractivity contribution in [2.75, 3.05) is 23.9 Å². The molecule has 1 fully saturated rings. The normalized spacial score (nSPS) is 15.2. The molecule has 204 valence electrons. The first-order chi connectivity index (χ1) is 18.9. The lowest BCUT2D eigenvalue weighted by molar-refractivity contribution is -0.117. The minimum absolute atomic E-state index is 0.0000538. The van der Waals surface area contributed by atoms with E-state index in [2.05, 4.69) is 16.8 Å². The van der Waals surface area contributed by atoms with Crippen LogP contribution in [0.15, 0.2) is 59.5 Å². The number of aryl methyl sites for hydroxylation is 1. The van der Waals surface area contributed by atoms with Crippen LogP contribution in [0.5, 0.6) is 11.5 Å². The second-order valence-corrected chi connectivity index (χ2v) is 10.2. The Balaban J connectivity index is 1.52. The van der Waals surface area contributed by atoms with Gasteiger partial charge in [-0.05, 0) is 43.5 Å². The summed E-state index contributed by atoms with van der Waals surface area (Å²) in [5.41, 5.74) is 1.88. The standard InChI is InChI=1S/C29H32ClN5O4/c1-3-4-5-14-34-26(17-27(37)35-18-22(32-29(34)35)19-8-10-20(30)11-9-19)33-15-6-7-23(33)28(38)31-21-12-13-24(36)25(16-21)39-2/h8-13,16-18,23,36H,3-7,14-15H2,1-2H3,(H,31,38)/t23-/m0/s1. The number of amides is 1. The summed E-state index contributed by atoms with van der Waals surface area (Å²) < 4.78 is 8.81. The highest BCUT2D eigenvalue weighted by atomic mass is 35.5. The van der Waals surface area contributed by atoms with Crippen molar-refractivity contribution >= 4 is 34.8 Å². The van der Waals surface area contributed by atoms with Gasteiger partial charge in [0, 0.05) is 47.7 Å². The summed E-state index contributed by atoms with van der Waals surface area (Å²) >= 11 is 6.07. The van der Waals surface area contributed by atoms with E-state index in [1.807, 2.05) is 17.0 Å². The van der Waals surface area contributed by atoms with E-state index in [1.165, 1.54) is 13.2 Å². The molecule has 10 heteroatoms. The Morgan fingerprint density at radius 2 is 1.97 bits per heavy atom. The predicted molar refractivity (Wildman–Crippen MR) is 153 cm³/mol. The third kappa shape index (κ3) is 5.45.